The van der Waals surface area contributed by atoms with Crippen molar-refractivity contribution in [2.45, 2.75) is 44.0 Å². The monoisotopic (exact) mass is 218 g/mol. The van der Waals surface area contributed by atoms with E-state index in [0.29, 0.717) is 19.4 Å². The molecule has 2 unspecified atom stereocenters. The first kappa shape index (κ1) is 11.9. The van der Waals surface area contributed by atoms with Gasteiger partial charge in [0.25, 0.3) is 0 Å². The van der Waals surface area contributed by atoms with Crippen molar-refractivity contribution in [2.75, 3.05) is 12.4 Å². The number of carbonyl (C=O) groups excluding carboxylic acids is 1. The summed E-state index contributed by atoms with van der Waals surface area (Å²) in [7, 11) is 0. The van der Waals surface area contributed by atoms with E-state index in [2.05, 4.69) is 0 Å². The SMILES string of the molecule is CCOC(=O)CCC1(O)CCSC1C. The zero-order valence-corrected chi connectivity index (χ0v) is 9.60. The van der Waals surface area contributed by atoms with Crippen LogP contribution in [-0.4, -0.2) is 34.3 Å². The lowest BCUT2D eigenvalue weighted by Gasteiger charge is -2.26. The Hall–Kier alpha value is -0.220. The molecule has 1 heterocycles. The second-order valence-corrected chi connectivity index (χ2v) is 5.12. The van der Waals surface area contributed by atoms with E-state index in [9.17, 15) is 9.90 Å². The van der Waals surface area contributed by atoms with Crippen molar-refractivity contribution >= 4 is 17.7 Å². The van der Waals surface area contributed by atoms with E-state index in [1.165, 1.54) is 0 Å². The smallest absolute Gasteiger partial charge is 0.305 e. The zero-order chi connectivity index (χ0) is 10.6. The highest BCUT2D eigenvalue weighted by Gasteiger charge is 2.38. The van der Waals surface area contributed by atoms with E-state index in [1.807, 2.05) is 6.92 Å². The molecule has 0 aromatic rings. The summed E-state index contributed by atoms with van der Waals surface area (Å²) < 4.78 is 4.83. The molecule has 2 atom stereocenters. The molecule has 1 N–H and O–H groups in total. The van der Waals surface area contributed by atoms with E-state index in [0.717, 1.165) is 12.2 Å². The Labute approximate surface area is 89.2 Å². The molecule has 3 nitrogen and oxygen atoms in total. The summed E-state index contributed by atoms with van der Waals surface area (Å²) in [5.74, 6) is 0.783. The zero-order valence-electron chi connectivity index (χ0n) is 8.78. The molecule has 4 heteroatoms. The van der Waals surface area contributed by atoms with Gasteiger partial charge in [0.15, 0.2) is 0 Å². The van der Waals surface area contributed by atoms with Crippen LogP contribution < -0.4 is 0 Å². The molecule has 0 amide bonds. The lowest BCUT2D eigenvalue weighted by Crippen LogP contribution is -2.35. The minimum atomic E-state index is -0.655. The molecule has 1 fully saturated rings. The average molecular weight is 218 g/mol. The first-order valence-corrected chi connectivity index (χ1v) is 6.13. The number of rotatable bonds is 4. The van der Waals surface area contributed by atoms with Crippen LogP contribution in [-0.2, 0) is 9.53 Å². The van der Waals surface area contributed by atoms with E-state index in [4.69, 9.17) is 4.74 Å². The normalized spacial score (nSPS) is 31.8. The summed E-state index contributed by atoms with van der Waals surface area (Å²) in [5, 5.41) is 10.4. The molecule has 0 aliphatic carbocycles. The number of esters is 1. The second-order valence-electron chi connectivity index (χ2n) is 3.67. The van der Waals surface area contributed by atoms with Crippen LogP contribution in [0.15, 0.2) is 0 Å². The molecule has 14 heavy (non-hydrogen) atoms. The van der Waals surface area contributed by atoms with Crippen molar-refractivity contribution in [3.05, 3.63) is 0 Å². The third kappa shape index (κ3) is 2.89. The van der Waals surface area contributed by atoms with Gasteiger partial charge in [-0.3, -0.25) is 4.79 Å². The van der Waals surface area contributed by atoms with Crippen molar-refractivity contribution in [1.82, 2.24) is 0 Å². The van der Waals surface area contributed by atoms with E-state index >= 15 is 0 Å². The van der Waals surface area contributed by atoms with Gasteiger partial charge < -0.3 is 9.84 Å². The van der Waals surface area contributed by atoms with Crippen LogP contribution in [0.5, 0.6) is 0 Å². The van der Waals surface area contributed by atoms with Gasteiger partial charge in [-0.15, -0.1) is 0 Å². The second kappa shape index (κ2) is 5.03. The Morgan fingerprint density at radius 2 is 2.43 bits per heavy atom. The molecular formula is C10H18O3S. The fourth-order valence-corrected chi connectivity index (χ4v) is 3.02. The largest absolute Gasteiger partial charge is 0.466 e. The first-order chi connectivity index (χ1) is 6.58. The fraction of sp³-hybridized carbons (Fsp3) is 0.900. The summed E-state index contributed by atoms with van der Waals surface area (Å²) in [4.78, 5) is 11.1. The van der Waals surface area contributed by atoms with Gasteiger partial charge >= 0.3 is 5.97 Å². The van der Waals surface area contributed by atoms with Crippen LogP contribution in [0.2, 0.25) is 0 Å². The standard InChI is InChI=1S/C10H18O3S/c1-3-13-9(11)4-5-10(12)6-7-14-8(10)2/h8,12H,3-7H2,1-2H3. The van der Waals surface area contributed by atoms with Gasteiger partial charge in [-0.25, -0.2) is 0 Å². The highest BCUT2D eigenvalue weighted by molar-refractivity contribution is 8.00. The molecule has 0 radical (unpaired) electrons. The van der Waals surface area contributed by atoms with Crippen LogP contribution in [0.25, 0.3) is 0 Å². The van der Waals surface area contributed by atoms with Gasteiger partial charge in [-0.05, 0) is 25.5 Å². The number of aliphatic hydroxyl groups is 1. The van der Waals surface area contributed by atoms with E-state index in [1.54, 1.807) is 18.7 Å². The number of carbonyl (C=O) groups is 1. The van der Waals surface area contributed by atoms with Crippen LogP contribution in [0.1, 0.15) is 33.1 Å². The molecule has 0 aromatic carbocycles. The Morgan fingerprint density at radius 1 is 1.71 bits per heavy atom. The first-order valence-electron chi connectivity index (χ1n) is 5.08. The Kier molecular flexibility index (Phi) is 4.26. The van der Waals surface area contributed by atoms with Crippen molar-refractivity contribution in [3.63, 3.8) is 0 Å². The van der Waals surface area contributed by atoms with Gasteiger partial charge in [-0.2, -0.15) is 11.8 Å². The van der Waals surface area contributed by atoms with Gasteiger partial charge in [0.05, 0.1) is 12.2 Å². The highest BCUT2D eigenvalue weighted by atomic mass is 32.2. The maximum absolute atomic E-state index is 11.1. The molecule has 0 saturated carbocycles. The molecule has 1 aliphatic rings. The predicted octanol–water partition coefficient (Wildman–Crippen LogP) is 1.59. The number of hydrogen-bond acceptors (Lipinski definition) is 4. The molecule has 0 spiro atoms. The lowest BCUT2D eigenvalue weighted by atomic mass is 9.92. The minimum absolute atomic E-state index is 0.204. The Balaban J connectivity index is 2.32. The summed E-state index contributed by atoms with van der Waals surface area (Å²) in [6, 6.07) is 0. The third-order valence-corrected chi connectivity index (χ3v) is 4.11. The summed E-state index contributed by atoms with van der Waals surface area (Å²) in [6.45, 7) is 4.23. The van der Waals surface area contributed by atoms with Crippen molar-refractivity contribution in [2.24, 2.45) is 0 Å². The van der Waals surface area contributed by atoms with Crippen LogP contribution in [0, 0.1) is 0 Å². The topological polar surface area (TPSA) is 46.5 Å². The molecule has 82 valence electrons. The lowest BCUT2D eigenvalue weighted by molar-refractivity contribution is -0.144. The number of hydrogen-bond donors (Lipinski definition) is 1. The van der Waals surface area contributed by atoms with Crippen LogP contribution in [0.3, 0.4) is 0 Å². The molecule has 0 bridgehead atoms. The fourth-order valence-electron chi connectivity index (χ4n) is 1.65. The summed E-state index contributed by atoms with van der Waals surface area (Å²) in [5.41, 5.74) is -0.655. The highest BCUT2D eigenvalue weighted by Crippen LogP contribution is 2.38. The number of thioether (sulfide) groups is 1. The number of ether oxygens (including phenoxy) is 1. The van der Waals surface area contributed by atoms with E-state index in [-0.39, 0.29) is 11.2 Å². The van der Waals surface area contributed by atoms with Crippen LogP contribution in [0.4, 0.5) is 0 Å². The van der Waals surface area contributed by atoms with Gasteiger partial charge in [0.2, 0.25) is 0 Å². The third-order valence-electron chi connectivity index (χ3n) is 2.73. The van der Waals surface area contributed by atoms with Gasteiger partial charge in [0, 0.05) is 11.7 Å². The maximum Gasteiger partial charge on any atom is 0.305 e. The Morgan fingerprint density at radius 3 is 2.93 bits per heavy atom. The van der Waals surface area contributed by atoms with E-state index < -0.39 is 5.60 Å². The quantitative estimate of drug-likeness (QED) is 0.728. The molecular weight excluding hydrogens is 200 g/mol. The van der Waals surface area contributed by atoms with Crippen LogP contribution >= 0.6 is 11.8 Å². The van der Waals surface area contributed by atoms with Crippen molar-refractivity contribution in [1.29, 1.82) is 0 Å². The van der Waals surface area contributed by atoms with Crippen molar-refractivity contribution in [3.8, 4) is 0 Å². The summed E-state index contributed by atoms with van der Waals surface area (Å²) >= 11 is 1.77. The van der Waals surface area contributed by atoms with Crippen molar-refractivity contribution < 1.29 is 14.6 Å². The molecule has 1 saturated heterocycles. The molecule has 1 rings (SSSR count). The molecule has 0 aromatic heterocycles. The van der Waals surface area contributed by atoms with Gasteiger partial charge in [0.1, 0.15) is 0 Å². The molecule has 1 aliphatic heterocycles. The Bertz CT molecular complexity index is 208. The average Bonchev–Trinajstić information content (AvgIpc) is 2.46. The van der Waals surface area contributed by atoms with Gasteiger partial charge in [-0.1, -0.05) is 6.92 Å². The summed E-state index contributed by atoms with van der Waals surface area (Å²) in [6.07, 6.45) is 1.65. The predicted molar refractivity (Wildman–Crippen MR) is 57.4 cm³/mol. The maximum atomic E-state index is 11.1. The minimum Gasteiger partial charge on any atom is -0.466 e.